The number of amides is 1. The summed E-state index contributed by atoms with van der Waals surface area (Å²) in [5.41, 5.74) is -0.327. The van der Waals surface area contributed by atoms with Crippen molar-refractivity contribution in [1.29, 1.82) is 0 Å². The highest BCUT2D eigenvalue weighted by Gasteiger charge is 2.36. The van der Waals surface area contributed by atoms with Gasteiger partial charge in [-0.1, -0.05) is 6.07 Å². The number of esters is 1. The Labute approximate surface area is 120 Å². The molecule has 1 heterocycles. The normalized spacial score (nSPS) is 18.2. The molecule has 1 fully saturated rings. The average Bonchev–Trinajstić information content (AvgIpc) is 2.75. The number of rotatable bonds is 3. The van der Waals surface area contributed by atoms with Crippen LogP contribution in [0.15, 0.2) is 18.2 Å². The lowest BCUT2D eigenvalue weighted by atomic mass is 10.1. The lowest BCUT2D eigenvalue weighted by molar-refractivity contribution is -0.384. The molecular formula is C12H12N2O5S. The number of carbonyl (C=O) groups excluding carboxylic acids is 2. The lowest BCUT2D eigenvalue weighted by Gasteiger charge is -2.18. The molecular weight excluding hydrogens is 284 g/mol. The van der Waals surface area contributed by atoms with Crippen molar-refractivity contribution in [3.8, 4) is 0 Å². The maximum atomic E-state index is 11.9. The highest BCUT2D eigenvalue weighted by atomic mass is 32.1. The van der Waals surface area contributed by atoms with Crippen LogP contribution in [-0.4, -0.2) is 35.7 Å². The highest BCUT2D eigenvalue weighted by Crippen LogP contribution is 2.35. The second kappa shape index (κ2) is 5.49. The fourth-order valence-corrected chi connectivity index (χ4v) is 2.46. The van der Waals surface area contributed by atoms with Crippen LogP contribution < -0.4 is 4.90 Å². The van der Waals surface area contributed by atoms with Crippen LogP contribution in [0.25, 0.3) is 0 Å². The summed E-state index contributed by atoms with van der Waals surface area (Å²) >= 11 is 4.21. The largest absolute Gasteiger partial charge is 0.465 e. The number of para-hydroxylation sites is 1. The summed E-state index contributed by atoms with van der Waals surface area (Å²) in [5, 5.41) is 10.9. The van der Waals surface area contributed by atoms with E-state index in [9.17, 15) is 19.7 Å². The van der Waals surface area contributed by atoms with Crippen molar-refractivity contribution in [1.82, 2.24) is 0 Å². The topological polar surface area (TPSA) is 89.8 Å². The lowest BCUT2D eigenvalue weighted by Crippen LogP contribution is -2.27. The number of thiol groups is 1. The summed E-state index contributed by atoms with van der Waals surface area (Å²) in [6.07, 6.45) is 0.176. The van der Waals surface area contributed by atoms with Gasteiger partial charge in [-0.25, -0.2) is 4.79 Å². The number of methoxy groups -OCH3 is 1. The van der Waals surface area contributed by atoms with Crippen LogP contribution in [0.4, 0.5) is 11.4 Å². The molecule has 106 valence electrons. The first-order valence-corrected chi connectivity index (χ1v) is 6.31. The van der Waals surface area contributed by atoms with Gasteiger partial charge in [0.15, 0.2) is 0 Å². The number of anilines is 1. The predicted octanol–water partition coefficient (Wildman–Crippen LogP) is 1.42. The van der Waals surface area contributed by atoms with Gasteiger partial charge in [-0.2, -0.15) is 12.6 Å². The number of carbonyl (C=O) groups is 2. The minimum atomic E-state index is -0.723. The molecule has 1 atom stereocenters. The standard InChI is InChI=1S/C12H12N2O5S/c1-19-12(16)8-3-2-4-9(14(17)18)11(8)13-6-7(20)5-10(13)15/h2-4,7,20H,5-6H2,1H3. The van der Waals surface area contributed by atoms with E-state index in [1.165, 1.54) is 30.2 Å². The van der Waals surface area contributed by atoms with E-state index >= 15 is 0 Å². The second-order valence-electron chi connectivity index (χ2n) is 4.28. The Hall–Kier alpha value is -2.09. The number of ether oxygens (including phenoxy) is 1. The molecule has 1 saturated heterocycles. The van der Waals surface area contributed by atoms with Crippen LogP contribution in [0.1, 0.15) is 16.8 Å². The molecule has 1 unspecified atom stereocenters. The molecule has 20 heavy (non-hydrogen) atoms. The Bertz CT molecular complexity index is 589. The SMILES string of the molecule is COC(=O)c1cccc([N+](=O)[O-])c1N1CC(S)CC1=O. The maximum Gasteiger partial charge on any atom is 0.340 e. The minimum absolute atomic E-state index is 0.00233. The average molecular weight is 296 g/mol. The molecule has 1 amide bonds. The second-order valence-corrected chi connectivity index (χ2v) is 5.01. The Balaban J connectivity index is 2.61. The number of nitrogens with zero attached hydrogens (tertiary/aromatic N) is 2. The van der Waals surface area contributed by atoms with E-state index in [1.807, 2.05) is 0 Å². The summed E-state index contributed by atoms with van der Waals surface area (Å²) < 4.78 is 4.61. The third-order valence-electron chi connectivity index (χ3n) is 2.99. The van der Waals surface area contributed by atoms with E-state index in [0.29, 0.717) is 0 Å². The molecule has 1 aromatic rings. The molecule has 8 heteroatoms. The van der Waals surface area contributed by atoms with Crippen molar-refractivity contribution in [2.24, 2.45) is 0 Å². The first kappa shape index (κ1) is 14.3. The van der Waals surface area contributed by atoms with Crippen molar-refractivity contribution < 1.29 is 19.2 Å². The summed E-state index contributed by atoms with van der Waals surface area (Å²) in [4.78, 5) is 35.4. The number of hydrogen-bond donors (Lipinski definition) is 1. The molecule has 0 aromatic heterocycles. The van der Waals surface area contributed by atoms with Gasteiger partial charge in [0.05, 0.1) is 17.6 Å². The van der Waals surface area contributed by atoms with Crippen LogP contribution in [-0.2, 0) is 9.53 Å². The van der Waals surface area contributed by atoms with Crippen LogP contribution in [0.5, 0.6) is 0 Å². The molecule has 0 aliphatic carbocycles. The van der Waals surface area contributed by atoms with Crippen molar-refractivity contribution >= 4 is 35.9 Å². The zero-order valence-electron chi connectivity index (χ0n) is 10.6. The van der Waals surface area contributed by atoms with Crippen LogP contribution in [0, 0.1) is 10.1 Å². The van der Waals surface area contributed by atoms with Gasteiger partial charge in [-0.15, -0.1) is 0 Å². The predicted molar refractivity (Wildman–Crippen MR) is 74.2 cm³/mol. The molecule has 1 aliphatic rings. The molecule has 0 N–H and O–H groups in total. The van der Waals surface area contributed by atoms with E-state index < -0.39 is 10.9 Å². The van der Waals surface area contributed by atoms with Crippen LogP contribution in [0.2, 0.25) is 0 Å². The smallest absolute Gasteiger partial charge is 0.340 e. The number of hydrogen-bond acceptors (Lipinski definition) is 6. The van der Waals surface area contributed by atoms with Crippen molar-refractivity contribution in [2.45, 2.75) is 11.7 Å². The summed E-state index contributed by atoms with van der Waals surface area (Å²) in [6, 6.07) is 4.03. The molecule has 1 aromatic carbocycles. The Morgan fingerprint density at radius 2 is 2.25 bits per heavy atom. The van der Waals surface area contributed by atoms with E-state index in [1.54, 1.807) is 0 Å². The molecule has 2 rings (SSSR count). The van der Waals surface area contributed by atoms with Crippen molar-refractivity contribution in [3.05, 3.63) is 33.9 Å². The van der Waals surface area contributed by atoms with E-state index in [2.05, 4.69) is 17.4 Å². The zero-order valence-corrected chi connectivity index (χ0v) is 11.5. The highest BCUT2D eigenvalue weighted by molar-refractivity contribution is 7.81. The third-order valence-corrected chi connectivity index (χ3v) is 3.34. The Morgan fingerprint density at radius 1 is 1.55 bits per heavy atom. The van der Waals surface area contributed by atoms with Crippen LogP contribution in [0.3, 0.4) is 0 Å². The van der Waals surface area contributed by atoms with E-state index in [0.717, 1.165) is 0 Å². The number of nitro benzene ring substituents is 1. The van der Waals surface area contributed by atoms with E-state index in [-0.39, 0.29) is 41.1 Å². The summed E-state index contributed by atoms with van der Waals surface area (Å²) in [5.74, 6) is -1.02. The monoisotopic (exact) mass is 296 g/mol. The van der Waals surface area contributed by atoms with Gasteiger partial charge in [-0.3, -0.25) is 14.9 Å². The van der Waals surface area contributed by atoms with Gasteiger partial charge in [0.2, 0.25) is 5.91 Å². The molecule has 1 aliphatic heterocycles. The molecule has 0 saturated carbocycles. The first-order chi connectivity index (χ1) is 9.45. The van der Waals surface area contributed by atoms with Crippen molar-refractivity contribution in [2.75, 3.05) is 18.6 Å². The third kappa shape index (κ3) is 2.46. The molecule has 7 nitrogen and oxygen atoms in total. The van der Waals surface area contributed by atoms with Gasteiger partial charge in [0.1, 0.15) is 5.69 Å². The first-order valence-electron chi connectivity index (χ1n) is 5.80. The van der Waals surface area contributed by atoms with Gasteiger partial charge in [0, 0.05) is 24.3 Å². The molecule has 0 bridgehead atoms. The quantitative estimate of drug-likeness (QED) is 0.394. The van der Waals surface area contributed by atoms with Gasteiger partial charge >= 0.3 is 5.97 Å². The van der Waals surface area contributed by atoms with Gasteiger partial charge in [0.25, 0.3) is 5.69 Å². The summed E-state index contributed by atoms with van der Waals surface area (Å²) in [6.45, 7) is 0.219. The fraction of sp³-hybridized carbons (Fsp3) is 0.333. The Morgan fingerprint density at radius 3 is 2.75 bits per heavy atom. The number of benzene rings is 1. The maximum absolute atomic E-state index is 11.9. The van der Waals surface area contributed by atoms with Gasteiger partial charge in [-0.05, 0) is 6.07 Å². The summed E-state index contributed by atoms with van der Waals surface area (Å²) in [7, 11) is 1.18. The number of nitro groups is 1. The van der Waals surface area contributed by atoms with Gasteiger partial charge < -0.3 is 9.64 Å². The van der Waals surface area contributed by atoms with Crippen LogP contribution >= 0.6 is 12.6 Å². The fourth-order valence-electron chi connectivity index (χ4n) is 2.14. The van der Waals surface area contributed by atoms with Crippen molar-refractivity contribution in [3.63, 3.8) is 0 Å². The molecule has 0 radical (unpaired) electrons. The zero-order chi connectivity index (χ0) is 14.9. The molecule has 0 spiro atoms. The van der Waals surface area contributed by atoms with E-state index in [4.69, 9.17) is 0 Å². The minimum Gasteiger partial charge on any atom is -0.465 e. The Kier molecular flexibility index (Phi) is 3.93.